The molecule has 1 heterocycles. The number of benzene rings is 3. The third kappa shape index (κ3) is 6.09. The average molecular weight is 537 g/mol. The summed E-state index contributed by atoms with van der Waals surface area (Å²) in [6, 6.07) is 27.0. The van der Waals surface area contributed by atoms with Crippen LogP contribution in [0.3, 0.4) is 0 Å². The van der Waals surface area contributed by atoms with E-state index in [1.165, 1.54) is 0 Å². The van der Waals surface area contributed by atoms with E-state index in [2.05, 4.69) is 15.6 Å². The Balaban J connectivity index is 1.38. The Labute approximate surface area is 235 Å². The lowest BCUT2D eigenvalue weighted by Crippen LogP contribution is -2.63. The molecule has 7 heteroatoms. The van der Waals surface area contributed by atoms with Gasteiger partial charge in [0.25, 0.3) is 5.91 Å². The van der Waals surface area contributed by atoms with Crippen LogP contribution in [0.15, 0.2) is 91.1 Å². The van der Waals surface area contributed by atoms with Crippen molar-refractivity contribution in [1.82, 2.24) is 20.5 Å². The second-order valence-corrected chi connectivity index (χ2v) is 10.7. The van der Waals surface area contributed by atoms with Crippen LogP contribution in [-0.4, -0.2) is 46.4 Å². The lowest BCUT2D eigenvalue weighted by Gasteiger charge is -2.39. The van der Waals surface area contributed by atoms with Crippen molar-refractivity contribution in [2.24, 2.45) is 0 Å². The molecule has 7 nitrogen and oxygen atoms in total. The highest BCUT2D eigenvalue weighted by Gasteiger charge is 2.42. The first kappa shape index (κ1) is 27.2. The zero-order valence-corrected chi connectivity index (χ0v) is 22.9. The van der Waals surface area contributed by atoms with E-state index in [-0.39, 0.29) is 24.1 Å². The minimum absolute atomic E-state index is 0.0899. The second-order valence-electron chi connectivity index (χ2n) is 10.7. The van der Waals surface area contributed by atoms with Gasteiger partial charge in [0.1, 0.15) is 11.7 Å². The van der Waals surface area contributed by atoms with Crippen molar-refractivity contribution < 1.29 is 14.4 Å². The van der Waals surface area contributed by atoms with Gasteiger partial charge in [0.05, 0.1) is 12.0 Å². The van der Waals surface area contributed by atoms with Gasteiger partial charge in [-0.3, -0.25) is 14.4 Å². The Morgan fingerprint density at radius 3 is 2.17 bits per heavy atom. The van der Waals surface area contributed by atoms with Gasteiger partial charge in [-0.05, 0) is 30.0 Å². The fourth-order valence-electron chi connectivity index (χ4n) is 5.59. The van der Waals surface area contributed by atoms with E-state index in [0.717, 1.165) is 41.3 Å². The highest BCUT2D eigenvalue weighted by atomic mass is 16.2. The van der Waals surface area contributed by atoms with Crippen molar-refractivity contribution in [3.63, 3.8) is 0 Å². The summed E-state index contributed by atoms with van der Waals surface area (Å²) in [6.45, 7) is 0. The van der Waals surface area contributed by atoms with E-state index >= 15 is 0 Å². The molecule has 1 aliphatic rings. The summed E-state index contributed by atoms with van der Waals surface area (Å²) in [5.74, 6) is -0.615. The van der Waals surface area contributed by atoms with E-state index < -0.39 is 11.7 Å². The van der Waals surface area contributed by atoms with Crippen molar-refractivity contribution in [2.45, 2.75) is 56.7 Å². The highest BCUT2D eigenvalue weighted by molar-refractivity contribution is 6.08. The molecule has 0 radical (unpaired) electrons. The SMILES string of the molecule is CN(C(=O)Cc1ccccc1)C(Cc1ccccc1)NC(=O)C1(NC(=O)c2c[nH]c3ccccc23)CCCCC1. The molecule has 1 fully saturated rings. The molecule has 0 saturated heterocycles. The predicted molar refractivity (Wildman–Crippen MR) is 157 cm³/mol. The van der Waals surface area contributed by atoms with Gasteiger partial charge >= 0.3 is 0 Å². The molecule has 40 heavy (non-hydrogen) atoms. The van der Waals surface area contributed by atoms with Gasteiger partial charge in [0, 0.05) is 30.6 Å². The monoisotopic (exact) mass is 536 g/mol. The third-order valence-electron chi connectivity index (χ3n) is 7.96. The van der Waals surface area contributed by atoms with Gasteiger partial charge in [-0.15, -0.1) is 0 Å². The molecule has 1 unspecified atom stereocenters. The number of para-hydroxylation sites is 1. The van der Waals surface area contributed by atoms with Crippen LogP contribution in [-0.2, 0) is 22.4 Å². The number of aromatic nitrogens is 1. The first-order valence-electron chi connectivity index (χ1n) is 14.0. The number of hydrogen-bond donors (Lipinski definition) is 3. The normalized spacial score (nSPS) is 15.2. The fraction of sp³-hybridized carbons (Fsp3) is 0.303. The van der Waals surface area contributed by atoms with Crippen molar-refractivity contribution in [3.8, 4) is 0 Å². The van der Waals surface area contributed by atoms with Crippen LogP contribution in [0.1, 0.15) is 53.6 Å². The summed E-state index contributed by atoms with van der Waals surface area (Å²) < 4.78 is 0. The minimum Gasteiger partial charge on any atom is -0.360 e. The van der Waals surface area contributed by atoms with Crippen molar-refractivity contribution in [1.29, 1.82) is 0 Å². The molecule has 0 aliphatic heterocycles. The fourth-order valence-corrected chi connectivity index (χ4v) is 5.59. The van der Waals surface area contributed by atoms with Gasteiger partial charge in [-0.1, -0.05) is 98.1 Å². The standard InChI is InChI=1S/C33H36N4O3/c1-37(30(38)22-25-15-7-3-8-16-25)29(21-24-13-5-2-6-14-24)35-32(40)33(19-11-4-12-20-33)36-31(39)27-23-34-28-18-10-9-17-26(27)28/h2-3,5-10,13-18,23,29,34H,4,11-12,19-22H2,1H3,(H,35,40)(H,36,39). The number of amides is 3. The van der Waals surface area contributed by atoms with E-state index in [9.17, 15) is 14.4 Å². The molecule has 1 aromatic heterocycles. The van der Waals surface area contributed by atoms with E-state index in [1.54, 1.807) is 18.1 Å². The summed E-state index contributed by atoms with van der Waals surface area (Å²) >= 11 is 0. The maximum Gasteiger partial charge on any atom is 0.254 e. The second kappa shape index (κ2) is 12.2. The summed E-state index contributed by atoms with van der Waals surface area (Å²) in [7, 11) is 1.73. The number of carbonyl (C=O) groups excluding carboxylic acids is 3. The molecule has 206 valence electrons. The quantitative estimate of drug-likeness (QED) is 0.263. The summed E-state index contributed by atoms with van der Waals surface area (Å²) in [5, 5.41) is 7.12. The van der Waals surface area contributed by atoms with Crippen LogP contribution in [0.5, 0.6) is 0 Å². The molecular formula is C33H36N4O3. The first-order valence-corrected chi connectivity index (χ1v) is 14.0. The number of aromatic amines is 1. The van der Waals surface area contributed by atoms with Crippen LogP contribution in [0.25, 0.3) is 10.9 Å². The van der Waals surface area contributed by atoms with Gasteiger partial charge in [-0.2, -0.15) is 0 Å². The molecule has 4 aromatic rings. The van der Waals surface area contributed by atoms with Gasteiger partial charge in [-0.25, -0.2) is 0 Å². The maximum absolute atomic E-state index is 14.1. The van der Waals surface area contributed by atoms with Crippen LogP contribution in [0, 0.1) is 0 Å². The molecule has 3 N–H and O–H groups in total. The highest BCUT2D eigenvalue weighted by Crippen LogP contribution is 2.30. The van der Waals surface area contributed by atoms with E-state index in [4.69, 9.17) is 0 Å². The van der Waals surface area contributed by atoms with Gasteiger partial charge in [0.2, 0.25) is 11.8 Å². The number of nitrogens with one attached hydrogen (secondary N) is 3. The summed E-state index contributed by atoms with van der Waals surface area (Å²) in [6.07, 6.45) is 5.61. The van der Waals surface area contributed by atoms with Crippen molar-refractivity contribution in [2.75, 3.05) is 7.05 Å². The van der Waals surface area contributed by atoms with E-state index in [1.807, 2.05) is 84.9 Å². The lowest BCUT2D eigenvalue weighted by atomic mass is 9.80. The van der Waals surface area contributed by atoms with E-state index in [0.29, 0.717) is 24.8 Å². The Kier molecular flexibility index (Phi) is 8.29. The number of nitrogens with zero attached hydrogens (tertiary/aromatic N) is 1. The Bertz CT molecular complexity index is 1460. The number of hydrogen-bond acceptors (Lipinski definition) is 3. The first-order chi connectivity index (χ1) is 19.4. The topological polar surface area (TPSA) is 94.3 Å². The third-order valence-corrected chi connectivity index (χ3v) is 7.96. The van der Waals surface area contributed by atoms with Crippen molar-refractivity contribution in [3.05, 3.63) is 108 Å². The molecule has 1 aliphatic carbocycles. The zero-order valence-electron chi connectivity index (χ0n) is 22.9. The minimum atomic E-state index is -1.05. The molecular weight excluding hydrogens is 500 g/mol. The summed E-state index contributed by atoms with van der Waals surface area (Å²) in [5.41, 5.74) is 2.26. The lowest BCUT2D eigenvalue weighted by molar-refractivity contribution is -0.136. The molecule has 5 rings (SSSR count). The molecule has 3 amide bonds. The van der Waals surface area contributed by atoms with Crippen LogP contribution in [0.2, 0.25) is 0 Å². The molecule has 0 spiro atoms. The number of fused-ring (bicyclic) bond motifs is 1. The van der Waals surface area contributed by atoms with Gasteiger partial charge < -0.3 is 20.5 Å². The summed E-state index contributed by atoms with van der Waals surface area (Å²) in [4.78, 5) is 45.8. The predicted octanol–water partition coefficient (Wildman–Crippen LogP) is 4.99. The maximum atomic E-state index is 14.1. The smallest absolute Gasteiger partial charge is 0.254 e. The Hall–Kier alpha value is -4.39. The number of likely N-dealkylation sites (N-methyl/N-ethyl adjacent to an activating group) is 1. The zero-order chi connectivity index (χ0) is 28.0. The van der Waals surface area contributed by atoms with Gasteiger partial charge in [0.15, 0.2) is 0 Å². The van der Waals surface area contributed by atoms with Crippen LogP contribution < -0.4 is 10.6 Å². The number of H-pyrrole nitrogens is 1. The molecule has 3 aromatic carbocycles. The molecule has 1 saturated carbocycles. The molecule has 1 atom stereocenters. The Morgan fingerprint density at radius 2 is 1.48 bits per heavy atom. The Morgan fingerprint density at radius 1 is 0.850 bits per heavy atom. The molecule has 0 bridgehead atoms. The van der Waals surface area contributed by atoms with Crippen LogP contribution in [0.4, 0.5) is 0 Å². The van der Waals surface area contributed by atoms with Crippen LogP contribution >= 0.6 is 0 Å². The largest absolute Gasteiger partial charge is 0.360 e. The average Bonchev–Trinajstić information content (AvgIpc) is 3.42. The van der Waals surface area contributed by atoms with Crippen molar-refractivity contribution >= 4 is 28.6 Å². The number of rotatable bonds is 9. The number of carbonyl (C=O) groups is 3.